The van der Waals surface area contributed by atoms with E-state index in [4.69, 9.17) is 21.1 Å². The van der Waals surface area contributed by atoms with Crippen molar-refractivity contribution < 1.29 is 27.8 Å². The van der Waals surface area contributed by atoms with E-state index in [1.54, 1.807) is 12.1 Å². The van der Waals surface area contributed by atoms with Crippen LogP contribution in [0.5, 0.6) is 0 Å². The number of piperazine rings is 1. The van der Waals surface area contributed by atoms with E-state index in [0.717, 1.165) is 13.1 Å². The SMILES string of the molecule is CN1CCN(C(=O)C[C@H]2CC[C@@H]3[C@H](COC[C@H](O)CN3S(=O)(=O)c3cccc(Cl)c3)O2)CC1. The predicted molar refractivity (Wildman–Crippen MR) is 123 cm³/mol. The maximum absolute atomic E-state index is 13.5. The summed E-state index contributed by atoms with van der Waals surface area (Å²) in [6.07, 6.45) is -0.417. The van der Waals surface area contributed by atoms with Crippen LogP contribution in [0.15, 0.2) is 29.2 Å². The summed E-state index contributed by atoms with van der Waals surface area (Å²) >= 11 is 6.04. The molecule has 4 atom stereocenters. The van der Waals surface area contributed by atoms with Crippen molar-refractivity contribution in [2.45, 2.75) is 48.5 Å². The number of rotatable bonds is 4. The lowest BCUT2D eigenvalue weighted by atomic mass is 9.96. The number of nitrogens with zero attached hydrogens (tertiary/aromatic N) is 3. The summed E-state index contributed by atoms with van der Waals surface area (Å²) in [5.41, 5.74) is 0. The Morgan fingerprint density at radius 2 is 1.94 bits per heavy atom. The number of carbonyl (C=O) groups excluding carboxylic acids is 1. The van der Waals surface area contributed by atoms with Crippen molar-refractivity contribution in [3.8, 4) is 0 Å². The first-order chi connectivity index (χ1) is 15.7. The van der Waals surface area contributed by atoms with E-state index in [0.29, 0.717) is 31.0 Å². The Morgan fingerprint density at radius 3 is 2.67 bits per heavy atom. The standard InChI is InChI=1S/C22H32ClN3O6S/c1-24-7-9-25(10-8-24)22(28)12-18-5-6-20-21(32-18)15-31-14-17(27)13-26(20)33(29,30)19-4-2-3-16(23)11-19/h2-4,11,17-18,20-21,27H,5-10,12-15H2,1H3/t17-,18-,20-,21+/m1/s1. The van der Waals surface area contributed by atoms with E-state index in [1.165, 1.54) is 16.4 Å². The number of hydrogen-bond acceptors (Lipinski definition) is 7. The van der Waals surface area contributed by atoms with Crippen molar-refractivity contribution in [2.75, 3.05) is 53.0 Å². The molecule has 3 fully saturated rings. The number of β-amino-alcohol motifs (C(OH)–C–C–N with tert-alkyl or cyclic N) is 1. The van der Waals surface area contributed by atoms with Gasteiger partial charge in [0.1, 0.15) is 0 Å². The van der Waals surface area contributed by atoms with Crippen LogP contribution >= 0.6 is 11.6 Å². The number of fused-ring (bicyclic) bond motifs is 1. The van der Waals surface area contributed by atoms with Crippen molar-refractivity contribution in [3.05, 3.63) is 29.3 Å². The molecule has 3 aliphatic rings. The van der Waals surface area contributed by atoms with Crippen LogP contribution in [0.4, 0.5) is 0 Å². The fraction of sp³-hybridized carbons (Fsp3) is 0.682. The molecule has 1 amide bonds. The molecule has 9 nitrogen and oxygen atoms in total. The van der Waals surface area contributed by atoms with Gasteiger partial charge in [0.15, 0.2) is 0 Å². The van der Waals surface area contributed by atoms with E-state index in [1.807, 2.05) is 11.9 Å². The molecule has 33 heavy (non-hydrogen) atoms. The minimum atomic E-state index is -3.92. The van der Waals surface area contributed by atoms with Crippen molar-refractivity contribution in [1.82, 2.24) is 14.1 Å². The van der Waals surface area contributed by atoms with Crippen LogP contribution in [0.25, 0.3) is 0 Å². The van der Waals surface area contributed by atoms with Gasteiger partial charge in [0, 0.05) is 37.7 Å². The van der Waals surface area contributed by atoms with Gasteiger partial charge in [-0.25, -0.2) is 8.42 Å². The Morgan fingerprint density at radius 1 is 1.18 bits per heavy atom. The predicted octanol–water partition coefficient (Wildman–Crippen LogP) is 0.802. The molecule has 11 heteroatoms. The number of aliphatic hydroxyl groups is 1. The highest BCUT2D eigenvalue weighted by molar-refractivity contribution is 7.89. The number of halogens is 1. The number of benzene rings is 1. The van der Waals surface area contributed by atoms with E-state index >= 15 is 0 Å². The second-order valence-electron chi connectivity index (χ2n) is 9.05. The molecule has 1 aromatic carbocycles. The highest BCUT2D eigenvalue weighted by atomic mass is 35.5. The van der Waals surface area contributed by atoms with Crippen molar-refractivity contribution in [1.29, 1.82) is 0 Å². The van der Waals surface area contributed by atoms with Crippen LogP contribution in [0.1, 0.15) is 19.3 Å². The van der Waals surface area contributed by atoms with Gasteiger partial charge in [0.2, 0.25) is 15.9 Å². The fourth-order valence-corrected chi connectivity index (χ4v) is 6.73. The minimum absolute atomic E-state index is 0.0129. The highest BCUT2D eigenvalue weighted by Gasteiger charge is 2.43. The quantitative estimate of drug-likeness (QED) is 0.651. The monoisotopic (exact) mass is 501 g/mol. The average Bonchev–Trinajstić information content (AvgIpc) is 2.77. The van der Waals surface area contributed by atoms with Crippen LogP contribution in [0.2, 0.25) is 5.02 Å². The molecule has 4 rings (SSSR count). The molecule has 3 saturated heterocycles. The molecule has 0 aromatic heterocycles. The summed E-state index contributed by atoms with van der Waals surface area (Å²) in [5, 5.41) is 10.6. The molecule has 0 radical (unpaired) electrons. The summed E-state index contributed by atoms with van der Waals surface area (Å²) in [6.45, 7) is 3.20. The third kappa shape index (κ3) is 5.87. The third-order valence-electron chi connectivity index (χ3n) is 6.59. The van der Waals surface area contributed by atoms with Crippen LogP contribution in [0, 0.1) is 0 Å². The zero-order valence-electron chi connectivity index (χ0n) is 18.8. The van der Waals surface area contributed by atoms with E-state index < -0.39 is 28.3 Å². The van der Waals surface area contributed by atoms with E-state index in [2.05, 4.69) is 4.90 Å². The fourth-order valence-electron chi connectivity index (χ4n) is 4.71. The van der Waals surface area contributed by atoms with Gasteiger partial charge in [0.05, 0.1) is 48.9 Å². The number of ether oxygens (including phenoxy) is 2. The first kappa shape index (κ1) is 24.8. The zero-order valence-corrected chi connectivity index (χ0v) is 20.4. The molecule has 3 heterocycles. The molecule has 0 unspecified atom stereocenters. The Hall–Kier alpha value is -1.27. The van der Waals surface area contributed by atoms with E-state index in [-0.39, 0.29) is 43.1 Å². The van der Waals surface area contributed by atoms with Crippen LogP contribution < -0.4 is 0 Å². The highest BCUT2D eigenvalue weighted by Crippen LogP contribution is 2.32. The molecule has 1 aromatic rings. The molecular formula is C22H32ClN3O6S. The summed E-state index contributed by atoms with van der Waals surface area (Å²) < 4.78 is 40.2. The Bertz CT molecular complexity index is 940. The molecule has 0 bridgehead atoms. The number of likely N-dealkylation sites (N-methyl/N-ethyl adjacent to an activating group) is 1. The lowest BCUT2D eigenvalue weighted by molar-refractivity contribution is -0.152. The number of sulfonamides is 1. The summed E-state index contributed by atoms with van der Waals surface area (Å²) in [6, 6.07) is 5.62. The molecular weight excluding hydrogens is 470 g/mol. The summed E-state index contributed by atoms with van der Waals surface area (Å²) in [7, 11) is -1.87. The second-order valence-corrected chi connectivity index (χ2v) is 11.4. The number of hydrogen-bond donors (Lipinski definition) is 1. The maximum atomic E-state index is 13.5. The van der Waals surface area contributed by atoms with Gasteiger partial charge in [0.25, 0.3) is 0 Å². The smallest absolute Gasteiger partial charge is 0.243 e. The molecule has 1 N–H and O–H groups in total. The summed E-state index contributed by atoms with van der Waals surface area (Å²) in [4.78, 5) is 16.9. The Balaban J connectivity index is 1.48. The second kappa shape index (κ2) is 10.6. The van der Waals surface area contributed by atoms with Crippen molar-refractivity contribution in [3.63, 3.8) is 0 Å². The Kier molecular flexibility index (Phi) is 7.95. The average molecular weight is 502 g/mol. The van der Waals surface area contributed by atoms with Gasteiger partial charge in [-0.2, -0.15) is 4.31 Å². The summed E-state index contributed by atoms with van der Waals surface area (Å²) in [5.74, 6) is 0.0668. The molecule has 0 spiro atoms. The van der Waals surface area contributed by atoms with Gasteiger partial charge >= 0.3 is 0 Å². The first-order valence-corrected chi connectivity index (χ1v) is 13.2. The topological polar surface area (TPSA) is 99.6 Å². The van der Waals surface area contributed by atoms with Gasteiger partial charge in [-0.1, -0.05) is 17.7 Å². The van der Waals surface area contributed by atoms with E-state index in [9.17, 15) is 18.3 Å². The largest absolute Gasteiger partial charge is 0.389 e. The Labute approximate surface area is 200 Å². The molecule has 0 saturated carbocycles. The van der Waals surface area contributed by atoms with Crippen molar-refractivity contribution >= 4 is 27.5 Å². The molecule has 0 aliphatic carbocycles. The van der Waals surface area contributed by atoms with Crippen molar-refractivity contribution in [2.24, 2.45) is 0 Å². The number of carbonyl (C=O) groups is 1. The normalized spacial score (nSPS) is 30.3. The maximum Gasteiger partial charge on any atom is 0.243 e. The molecule has 3 aliphatic heterocycles. The van der Waals surface area contributed by atoms with Gasteiger partial charge in [-0.3, -0.25) is 4.79 Å². The minimum Gasteiger partial charge on any atom is -0.389 e. The number of amides is 1. The first-order valence-electron chi connectivity index (χ1n) is 11.4. The van der Waals surface area contributed by atoms with Gasteiger partial charge in [-0.05, 0) is 38.1 Å². The van der Waals surface area contributed by atoms with Crippen LogP contribution in [-0.2, 0) is 24.3 Å². The third-order valence-corrected chi connectivity index (χ3v) is 8.72. The van der Waals surface area contributed by atoms with Gasteiger partial charge < -0.3 is 24.4 Å². The lowest BCUT2D eigenvalue weighted by Crippen LogP contribution is -2.57. The number of aliphatic hydroxyl groups excluding tert-OH is 1. The lowest BCUT2D eigenvalue weighted by Gasteiger charge is -2.44. The van der Waals surface area contributed by atoms with Crippen LogP contribution in [-0.4, -0.2) is 111 Å². The molecule has 184 valence electrons. The van der Waals surface area contributed by atoms with Crippen LogP contribution in [0.3, 0.4) is 0 Å². The zero-order chi connectivity index (χ0) is 23.6. The van der Waals surface area contributed by atoms with Gasteiger partial charge in [-0.15, -0.1) is 0 Å².